The molecule has 16 heavy (non-hydrogen) atoms. The van der Waals surface area contributed by atoms with E-state index in [-0.39, 0.29) is 5.70 Å². The first-order valence-corrected chi connectivity index (χ1v) is 4.48. The number of carboxylic acid groups (broad SMARTS) is 1. The standard InChI is InChI=1S/C11H11NO4/c1-16-7-9(11(14)15)12-10(13)8-5-3-2-4-6-8/h2-7H,1H3,(H,12,13)(H,14,15)/b9-7-. The van der Waals surface area contributed by atoms with E-state index in [0.29, 0.717) is 5.56 Å². The van der Waals surface area contributed by atoms with Gasteiger partial charge in [0.15, 0.2) is 5.70 Å². The normalized spacial score (nSPS) is 10.7. The van der Waals surface area contributed by atoms with Gasteiger partial charge in [0.2, 0.25) is 0 Å². The van der Waals surface area contributed by atoms with Gasteiger partial charge in [-0.15, -0.1) is 0 Å². The molecule has 0 heterocycles. The number of methoxy groups -OCH3 is 1. The molecule has 0 spiro atoms. The molecule has 0 bridgehead atoms. The number of carboxylic acids is 1. The first-order chi connectivity index (χ1) is 7.65. The van der Waals surface area contributed by atoms with E-state index in [2.05, 4.69) is 10.1 Å². The fourth-order valence-electron chi connectivity index (χ4n) is 1.04. The second kappa shape index (κ2) is 5.55. The Balaban J connectivity index is 2.78. The molecule has 0 unspecified atom stereocenters. The fraction of sp³-hybridized carbons (Fsp3) is 0.0909. The number of ether oxygens (including phenoxy) is 1. The maximum absolute atomic E-state index is 11.6. The molecule has 5 heteroatoms. The van der Waals surface area contributed by atoms with Crippen LogP contribution in [0.5, 0.6) is 0 Å². The Bertz CT molecular complexity index is 411. The van der Waals surface area contributed by atoms with Crippen LogP contribution >= 0.6 is 0 Å². The lowest BCUT2D eigenvalue weighted by Gasteiger charge is -2.05. The van der Waals surface area contributed by atoms with Crippen molar-refractivity contribution < 1.29 is 19.4 Å². The quantitative estimate of drug-likeness (QED) is 0.587. The summed E-state index contributed by atoms with van der Waals surface area (Å²) >= 11 is 0. The molecule has 0 aliphatic carbocycles. The van der Waals surface area contributed by atoms with Gasteiger partial charge in [0, 0.05) is 5.56 Å². The van der Waals surface area contributed by atoms with Crippen LogP contribution in [0, 0.1) is 0 Å². The second-order valence-electron chi connectivity index (χ2n) is 2.89. The number of carbonyl (C=O) groups excluding carboxylic acids is 1. The molecule has 0 aliphatic rings. The lowest BCUT2D eigenvalue weighted by atomic mass is 10.2. The zero-order chi connectivity index (χ0) is 12.0. The number of rotatable bonds is 4. The minimum absolute atomic E-state index is 0.309. The molecule has 0 atom stereocenters. The first kappa shape index (κ1) is 11.8. The van der Waals surface area contributed by atoms with Gasteiger partial charge in [-0.1, -0.05) is 18.2 Å². The van der Waals surface area contributed by atoms with Crippen LogP contribution in [0.4, 0.5) is 0 Å². The topological polar surface area (TPSA) is 75.6 Å². The van der Waals surface area contributed by atoms with Crippen molar-refractivity contribution in [1.82, 2.24) is 5.32 Å². The molecule has 0 radical (unpaired) electrons. The molecule has 5 nitrogen and oxygen atoms in total. The molecule has 0 aromatic heterocycles. The molecule has 0 aliphatic heterocycles. The lowest BCUT2D eigenvalue weighted by molar-refractivity contribution is -0.133. The number of nitrogens with one attached hydrogen (secondary N) is 1. The lowest BCUT2D eigenvalue weighted by Crippen LogP contribution is -2.27. The smallest absolute Gasteiger partial charge is 0.355 e. The van der Waals surface area contributed by atoms with Gasteiger partial charge in [-0.2, -0.15) is 0 Å². The molecule has 2 N–H and O–H groups in total. The van der Waals surface area contributed by atoms with E-state index in [4.69, 9.17) is 5.11 Å². The Morgan fingerprint density at radius 1 is 1.31 bits per heavy atom. The fourth-order valence-corrected chi connectivity index (χ4v) is 1.04. The molecule has 0 fully saturated rings. The second-order valence-corrected chi connectivity index (χ2v) is 2.89. The van der Waals surface area contributed by atoms with Gasteiger partial charge in [0.05, 0.1) is 7.11 Å². The van der Waals surface area contributed by atoms with E-state index in [9.17, 15) is 9.59 Å². The molecule has 0 saturated heterocycles. The summed E-state index contributed by atoms with van der Waals surface area (Å²) in [5.74, 6) is -1.75. The Hall–Kier alpha value is -2.30. The molecule has 1 aromatic carbocycles. The van der Waals surface area contributed by atoms with Crippen LogP contribution in [0.2, 0.25) is 0 Å². The highest BCUT2D eigenvalue weighted by molar-refractivity contribution is 6.00. The highest BCUT2D eigenvalue weighted by atomic mass is 16.5. The van der Waals surface area contributed by atoms with Crippen LogP contribution in [-0.2, 0) is 9.53 Å². The Morgan fingerprint density at radius 3 is 2.44 bits per heavy atom. The first-order valence-electron chi connectivity index (χ1n) is 4.48. The van der Waals surface area contributed by atoms with Crippen LogP contribution in [-0.4, -0.2) is 24.1 Å². The van der Waals surface area contributed by atoms with Crippen molar-refractivity contribution in [3.63, 3.8) is 0 Å². The van der Waals surface area contributed by atoms with Crippen molar-refractivity contribution in [2.24, 2.45) is 0 Å². The Labute approximate surface area is 92.3 Å². The van der Waals surface area contributed by atoms with E-state index in [1.54, 1.807) is 30.3 Å². The molecular formula is C11H11NO4. The summed E-state index contributed by atoms with van der Waals surface area (Å²) < 4.78 is 4.54. The van der Waals surface area contributed by atoms with Crippen LogP contribution in [0.15, 0.2) is 42.3 Å². The zero-order valence-electron chi connectivity index (χ0n) is 8.64. The van der Waals surface area contributed by atoms with Crippen LogP contribution in [0.25, 0.3) is 0 Å². The summed E-state index contributed by atoms with van der Waals surface area (Å²) in [6.45, 7) is 0. The number of benzene rings is 1. The van der Waals surface area contributed by atoms with Crippen molar-refractivity contribution >= 4 is 11.9 Å². The van der Waals surface area contributed by atoms with Crippen molar-refractivity contribution in [2.45, 2.75) is 0 Å². The summed E-state index contributed by atoms with van der Waals surface area (Å²) in [6.07, 6.45) is 0.961. The summed E-state index contributed by atoms with van der Waals surface area (Å²) in [7, 11) is 1.30. The number of hydrogen-bond acceptors (Lipinski definition) is 3. The summed E-state index contributed by atoms with van der Waals surface area (Å²) in [4.78, 5) is 22.3. The number of aliphatic carboxylic acids is 1. The highest BCUT2D eigenvalue weighted by Gasteiger charge is 2.12. The van der Waals surface area contributed by atoms with Crippen LogP contribution in [0.3, 0.4) is 0 Å². The monoisotopic (exact) mass is 221 g/mol. The Morgan fingerprint density at radius 2 is 1.94 bits per heavy atom. The van der Waals surface area contributed by atoms with E-state index >= 15 is 0 Å². The SMILES string of the molecule is CO/C=C(\NC(=O)c1ccccc1)C(=O)O. The maximum atomic E-state index is 11.6. The Kier molecular flexibility index (Phi) is 4.08. The number of amides is 1. The number of carbonyl (C=O) groups is 2. The molecule has 0 saturated carbocycles. The van der Waals surface area contributed by atoms with Gasteiger partial charge < -0.3 is 15.2 Å². The van der Waals surface area contributed by atoms with E-state index in [1.807, 2.05) is 0 Å². The molecule has 1 aromatic rings. The number of hydrogen-bond donors (Lipinski definition) is 2. The third kappa shape index (κ3) is 3.13. The third-order valence-corrected chi connectivity index (χ3v) is 1.75. The minimum Gasteiger partial charge on any atom is -0.502 e. The van der Waals surface area contributed by atoms with Crippen molar-refractivity contribution in [2.75, 3.05) is 7.11 Å². The van der Waals surface area contributed by atoms with Gasteiger partial charge in [-0.25, -0.2) is 4.79 Å². The van der Waals surface area contributed by atoms with Crippen molar-refractivity contribution in [3.05, 3.63) is 47.9 Å². The van der Waals surface area contributed by atoms with E-state index in [0.717, 1.165) is 6.26 Å². The molecular weight excluding hydrogens is 210 g/mol. The highest BCUT2D eigenvalue weighted by Crippen LogP contribution is 2.00. The molecule has 1 amide bonds. The van der Waals surface area contributed by atoms with Crippen molar-refractivity contribution in [3.8, 4) is 0 Å². The minimum atomic E-state index is -1.26. The molecule has 1 rings (SSSR count). The van der Waals surface area contributed by atoms with E-state index < -0.39 is 11.9 Å². The largest absolute Gasteiger partial charge is 0.502 e. The summed E-state index contributed by atoms with van der Waals surface area (Å²) in [6, 6.07) is 8.31. The summed E-state index contributed by atoms with van der Waals surface area (Å²) in [5.41, 5.74) is 0.0714. The zero-order valence-corrected chi connectivity index (χ0v) is 8.64. The predicted molar refractivity (Wildman–Crippen MR) is 56.6 cm³/mol. The average molecular weight is 221 g/mol. The third-order valence-electron chi connectivity index (χ3n) is 1.75. The van der Waals surface area contributed by atoms with Gasteiger partial charge in [-0.3, -0.25) is 4.79 Å². The average Bonchev–Trinajstić information content (AvgIpc) is 2.29. The van der Waals surface area contributed by atoms with Gasteiger partial charge in [-0.05, 0) is 12.1 Å². The van der Waals surface area contributed by atoms with E-state index in [1.165, 1.54) is 7.11 Å². The van der Waals surface area contributed by atoms with Gasteiger partial charge in [0.25, 0.3) is 5.91 Å². The molecule has 84 valence electrons. The summed E-state index contributed by atoms with van der Waals surface area (Å²) in [5, 5.41) is 11.0. The maximum Gasteiger partial charge on any atom is 0.355 e. The predicted octanol–water partition coefficient (Wildman–Crippen LogP) is 0.989. The van der Waals surface area contributed by atoms with Gasteiger partial charge in [0.1, 0.15) is 6.26 Å². The van der Waals surface area contributed by atoms with Crippen molar-refractivity contribution in [1.29, 1.82) is 0 Å². The van der Waals surface area contributed by atoms with Crippen LogP contribution < -0.4 is 5.32 Å². The van der Waals surface area contributed by atoms with Gasteiger partial charge >= 0.3 is 5.97 Å². The van der Waals surface area contributed by atoms with Crippen LogP contribution in [0.1, 0.15) is 10.4 Å².